The van der Waals surface area contributed by atoms with E-state index in [1.807, 2.05) is 0 Å². The number of hydrogen-bond acceptors (Lipinski definition) is 2. The summed E-state index contributed by atoms with van der Waals surface area (Å²) < 4.78 is 0. The van der Waals surface area contributed by atoms with E-state index in [0.29, 0.717) is 0 Å². The Hall–Kier alpha value is -2.42. The Labute approximate surface area is 146 Å². The van der Waals surface area contributed by atoms with Gasteiger partial charge >= 0.3 is 0 Å². The van der Waals surface area contributed by atoms with Crippen LogP contribution in [-0.4, -0.2) is 0 Å². The normalized spacial score (nSPS) is 12.2. The topological polar surface area (TPSA) is 0 Å². The number of fused-ring (bicyclic) bond motifs is 9. The predicted octanol–water partition coefficient (Wildman–Crippen LogP) is 7.58. The molecule has 0 saturated carbocycles. The molecule has 0 amide bonds. The first-order valence-corrected chi connectivity index (χ1v) is 9.88. The first kappa shape index (κ1) is 12.9. The molecule has 2 heteroatoms. The van der Waals surface area contributed by atoms with E-state index in [1.165, 1.54) is 53.9 Å². The first-order chi connectivity index (χ1) is 11.9. The number of thiophene rings is 2. The van der Waals surface area contributed by atoms with Crippen molar-refractivity contribution in [3.05, 3.63) is 70.1 Å². The fourth-order valence-corrected chi connectivity index (χ4v) is 5.58. The molecule has 2 heterocycles. The van der Waals surface area contributed by atoms with Gasteiger partial charge in [-0.25, -0.2) is 0 Å². The highest BCUT2D eigenvalue weighted by atomic mass is 32.1. The molecule has 4 aromatic carbocycles. The SMILES string of the molecule is c1cc2ccc3c(ccc4ccc5cscc5c43)c2c2cscc12. The van der Waals surface area contributed by atoms with Crippen molar-refractivity contribution in [1.82, 2.24) is 0 Å². The summed E-state index contributed by atoms with van der Waals surface area (Å²) in [5.41, 5.74) is 0. The minimum Gasteiger partial charge on any atom is -0.151 e. The van der Waals surface area contributed by atoms with Gasteiger partial charge in [0.2, 0.25) is 0 Å². The van der Waals surface area contributed by atoms with Gasteiger partial charge in [0.1, 0.15) is 0 Å². The monoisotopic (exact) mass is 340 g/mol. The molecule has 0 spiro atoms. The zero-order valence-electron chi connectivity index (χ0n) is 12.7. The summed E-state index contributed by atoms with van der Waals surface area (Å²) in [5.74, 6) is 0. The molecule has 112 valence electrons. The fourth-order valence-electron chi connectivity index (χ4n) is 3.96. The molecule has 0 fully saturated rings. The minimum absolute atomic E-state index is 1.32. The molecule has 0 aliphatic heterocycles. The van der Waals surface area contributed by atoms with Gasteiger partial charge in [-0.2, -0.15) is 22.7 Å². The molecule has 0 atom stereocenters. The molecule has 0 nitrogen and oxygen atoms in total. The van der Waals surface area contributed by atoms with Gasteiger partial charge in [-0.05, 0) is 64.6 Å². The van der Waals surface area contributed by atoms with Gasteiger partial charge in [0.15, 0.2) is 0 Å². The van der Waals surface area contributed by atoms with Gasteiger partial charge in [0, 0.05) is 10.8 Å². The van der Waals surface area contributed by atoms with Gasteiger partial charge in [-0.15, -0.1) is 0 Å². The molecule has 6 aromatic rings. The summed E-state index contributed by atoms with van der Waals surface area (Å²) in [4.78, 5) is 0. The Morgan fingerprint density at radius 2 is 0.792 bits per heavy atom. The molecule has 0 N–H and O–H groups in total. The van der Waals surface area contributed by atoms with Crippen molar-refractivity contribution < 1.29 is 0 Å². The second-order valence-corrected chi connectivity index (χ2v) is 7.79. The van der Waals surface area contributed by atoms with E-state index in [-0.39, 0.29) is 0 Å². The lowest BCUT2D eigenvalue weighted by Gasteiger charge is -2.10. The van der Waals surface area contributed by atoms with Crippen LogP contribution in [0.15, 0.2) is 70.1 Å². The van der Waals surface area contributed by atoms with Crippen LogP contribution in [-0.2, 0) is 0 Å². The lowest BCUT2D eigenvalue weighted by molar-refractivity contribution is 1.86. The van der Waals surface area contributed by atoms with Crippen LogP contribution in [0.3, 0.4) is 0 Å². The third-order valence-corrected chi connectivity index (χ3v) is 6.60. The highest BCUT2D eigenvalue weighted by Gasteiger charge is 2.10. The first-order valence-electron chi connectivity index (χ1n) is 7.99. The molecule has 0 bridgehead atoms. The Bertz CT molecular complexity index is 1290. The lowest BCUT2D eigenvalue weighted by atomic mass is 9.93. The summed E-state index contributed by atoms with van der Waals surface area (Å²) in [6, 6.07) is 18.1. The minimum atomic E-state index is 1.32. The Morgan fingerprint density at radius 1 is 0.375 bits per heavy atom. The molecule has 0 saturated heterocycles. The predicted molar refractivity (Wildman–Crippen MR) is 110 cm³/mol. The quantitative estimate of drug-likeness (QED) is 0.250. The number of hydrogen-bond donors (Lipinski definition) is 0. The van der Waals surface area contributed by atoms with E-state index >= 15 is 0 Å². The molecule has 0 aliphatic carbocycles. The second kappa shape index (κ2) is 4.56. The fraction of sp³-hybridized carbons (Fsp3) is 0. The molecule has 6 rings (SSSR count). The van der Waals surface area contributed by atoms with Crippen molar-refractivity contribution in [1.29, 1.82) is 0 Å². The summed E-state index contributed by atoms with van der Waals surface area (Å²) >= 11 is 3.57. The summed E-state index contributed by atoms with van der Waals surface area (Å²) in [6.45, 7) is 0. The van der Waals surface area contributed by atoms with Crippen molar-refractivity contribution in [3.8, 4) is 0 Å². The lowest BCUT2D eigenvalue weighted by Crippen LogP contribution is -1.82. The molecule has 0 radical (unpaired) electrons. The van der Waals surface area contributed by atoms with Crippen LogP contribution in [0.5, 0.6) is 0 Å². The van der Waals surface area contributed by atoms with Crippen molar-refractivity contribution in [2.75, 3.05) is 0 Å². The highest BCUT2D eigenvalue weighted by molar-refractivity contribution is 7.09. The zero-order valence-corrected chi connectivity index (χ0v) is 14.4. The molecular weight excluding hydrogens is 328 g/mol. The number of rotatable bonds is 0. The van der Waals surface area contributed by atoms with Crippen LogP contribution in [0.1, 0.15) is 0 Å². The van der Waals surface area contributed by atoms with Crippen molar-refractivity contribution in [2.45, 2.75) is 0 Å². The average molecular weight is 340 g/mol. The second-order valence-electron chi connectivity index (χ2n) is 6.30. The van der Waals surface area contributed by atoms with E-state index in [1.54, 1.807) is 22.7 Å². The van der Waals surface area contributed by atoms with E-state index in [9.17, 15) is 0 Å². The Morgan fingerprint density at radius 3 is 1.29 bits per heavy atom. The molecule has 0 aliphatic rings. The van der Waals surface area contributed by atoms with Crippen molar-refractivity contribution >= 4 is 76.5 Å². The number of benzene rings is 4. The largest absolute Gasteiger partial charge is 0.151 e. The van der Waals surface area contributed by atoms with Crippen LogP contribution >= 0.6 is 22.7 Å². The third-order valence-electron chi connectivity index (χ3n) is 5.07. The van der Waals surface area contributed by atoms with Gasteiger partial charge in [0.05, 0.1) is 0 Å². The van der Waals surface area contributed by atoms with Crippen molar-refractivity contribution in [3.63, 3.8) is 0 Å². The smallest absolute Gasteiger partial charge is 0.000808 e. The van der Waals surface area contributed by atoms with Gasteiger partial charge in [0.25, 0.3) is 0 Å². The zero-order chi connectivity index (χ0) is 15.7. The van der Waals surface area contributed by atoms with Crippen LogP contribution in [0.25, 0.3) is 53.9 Å². The van der Waals surface area contributed by atoms with E-state index in [0.717, 1.165) is 0 Å². The van der Waals surface area contributed by atoms with Crippen LogP contribution in [0.4, 0.5) is 0 Å². The average Bonchev–Trinajstić information content (AvgIpc) is 3.29. The summed E-state index contributed by atoms with van der Waals surface area (Å²) in [6.07, 6.45) is 0. The molecule has 24 heavy (non-hydrogen) atoms. The van der Waals surface area contributed by atoms with E-state index < -0.39 is 0 Å². The van der Waals surface area contributed by atoms with Crippen LogP contribution < -0.4 is 0 Å². The molecule has 0 unspecified atom stereocenters. The van der Waals surface area contributed by atoms with Crippen molar-refractivity contribution in [2.24, 2.45) is 0 Å². The molecular formula is C22H12S2. The van der Waals surface area contributed by atoms with Crippen LogP contribution in [0, 0.1) is 0 Å². The standard InChI is InChI=1S/C22H12S2/c1-3-15-9-23-11-19(15)21-13(1)5-7-18-17(21)8-6-14-2-4-16-10-24-12-20(16)22(14)18/h1-12H. The van der Waals surface area contributed by atoms with E-state index in [2.05, 4.69) is 70.1 Å². The maximum absolute atomic E-state index is 2.30. The highest BCUT2D eigenvalue weighted by Crippen LogP contribution is 2.39. The van der Waals surface area contributed by atoms with Crippen LogP contribution in [0.2, 0.25) is 0 Å². The third kappa shape index (κ3) is 1.57. The van der Waals surface area contributed by atoms with Gasteiger partial charge < -0.3 is 0 Å². The Kier molecular flexibility index (Phi) is 2.46. The van der Waals surface area contributed by atoms with Gasteiger partial charge in [-0.3, -0.25) is 0 Å². The maximum Gasteiger partial charge on any atom is 0.000808 e. The Balaban J connectivity index is 1.97. The van der Waals surface area contributed by atoms with E-state index in [4.69, 9.17) is 0 Å². The van der Waals surface area contributed by atoms with Gasteiger partial charge in [-0.1, -0.05) is 48.5 Å². The summed E-state index contributed by atoms with van der Waals surface area (Å²) in [5, 5.41) is 22.6. The summed E-state index contributed by atoms with van der Waals surface area (Å²) in [7, 11) is 0. The maximum atomic E-state index is 2.30. The molecule has 2 aromatic heterocycles.